The Morgan fingerprint density at radius 3 is 2.00 bits per heavy atom. The van der Waals surface area contributed by atoms with Crippen molar-refractivity contribution in [3.8, 4) is 11.5 Å². The highest BCUT2D eigenvalue weighted by Gasteiger charge is 2.35. The van der Waals surface area contributed by atoms with Crippen molar-refractivity contribution in [3.05, 3.63) is 101 Å². The van der Waals surface area contributed by atoms with Crippen molar-refractivity contribution >= 4 is 29.7 Å². The fourth-order valence-corrected chi connectivity index (χ4v) is 4.32. The van der Waals surface area contributed by atoms with Crippen LogP contribution in [0.25, 0.3) is 0 Å². The number of carbonyl (C=O) groups is 3. The van der Waals surface area contributed by atoms with Gasteiger partial charge in [0.15, 0.2) is 5.82 Å². The van der Waals surface area contributed by atoms with Crippen molar-refractivity contribution in [2.45, 2.75) is 13.1 Å². The highest BCUT2D eigenvalue weighted by Crippen LogP contribution is 2.36. The molecule has 0 radical (unpaired) electrons. The number of methoxy groups -OCH3 is 2. The van der Waals surface area contributed by atoms with E-state index in [1.807, 2.05) is 6.07 Å². The Hall–Kier alpha value is -4.92. The van der Waals surface area contributed by atoms with Gasteiger partial charge in [-0.3, -0.25) is 19.3 Å². The minimum absolute atomic E-state index is 0.168. The third kappa shape index (κ3) is 4.42. The Balaban J connectivity index is 1.55. The maximum Gasteiger partial charge on any atom is 0.278 e. The smallest absolute Gasteiger partial charge is 0.278 e. The van der Waals surface area contributed by atoms with E-state index < -0.39 is 0 Å². The van der Waals surface area contributed by atoms with E-state index in [-0.39, 0.29) is 24.9 Å². The fraction of sp³-hybridized carbons (Fsp3) is 0.143. The van der Waals surface area contributed by atoms with Crippen molar-refractivity contribution < 1.29 is 23.9 Å². The number of aromatic nitrogens is 2. The molecule has 0 atom stereocenters. The van der Waals surface area contributed by atoms with Crippen molar-refractivity contribution in [1.82, 2.24) is 14.7 Å². The predicted octanol–water partition coefficient (Wildman–Crippen LogP) is 4.04. The molecule has 0 aliphatic carbocycles. The number of carbonyl (C=O) groups excluding carboxylic acids is 3. The molecule has 3 aromatic carbocycles. The zero-order valence-electron chi connectivity index (χ0n) is 20.3. The SMILES string of the molecule is COc1ccc(C(=O)N2Cc3c(N(C=O)c4ccc(OC)cc4)nn(C(=O)c4ccccc4)c3C2)cc1. The van der Waals surface area contributed by atoms with E-state index in [1.165, 1.54) is 9.58 Å². The second-order valence-corrected chi connectivity index (χ2v) is 8.39. The summed E-state index contributed by atoms with van der Waals surface area (Å²) in [6.07, 6.45) is 0.649. The number of hydrogen-bond donors (Lipinski definition) is 0. The third-order valence-electron chi connectivity index (χ3n) is 6.28. The average Bonchev–Trinajstić information content (AvgIpc) is 3.54. The van der Waals surface area contributed by atoms with Crippen LogP contribution in [0.3, 0.4) is 0 Å². The number of benzene rings is 3. The molecule has 1 aliphatic rings. The first kappa shape index (κ1) is 23.8. The summed E-state index contributed by atoms with van der Waals surface area (Å²) >= 11 is 0. The minimum atomic E-state index is -0.345. The summed E-state index contributed by atoms with van der Waals surface area (Å²) in [4.78, 5) is 42.0. The summed E-state index contributed by atoms with van der Waals surface area (Å²) in [5.74, 6) is 1.03. The van der Waals surface area contributed by atoms with Crippen molar-refractivity contribution in [3.63, 3.8) is 0 Å². The normalized spacial score (nSPS) is 12.1. The number of anilines is 2. The second kappa shape index (κ2) is 9.98. The van der Waals surface area contributed by atoms with E-state index in [4.69, 9.17) is 9.47 Å². The first-order valence-corrected chi connectivity index (χ1v) is 11.6. The Morgan fingerprint density at radius 2 is 1.41 bits per heavy atom. The fourth-order valence-electron chi connectivity index (χ4n) is 4.32. The maximum atomic E-state index is 13.4. The van der Waals surface area contributed by atoms with E-state index in [0.29, 0.717) is 51.8 Å². The zero-order chi connectivity index (χ0) is 25.9. The molecule has 0 spiro atoms. The number of amides is 2. The lowest BCUT2D eigenvalue weighted by Crippen LogP contribution is -2.28. The topological polar surface area (TPSA) is 94.0 Å². The Morgan fingerprint density at radius 1 is 0.811 bits per heavy atom. The molecule has 0 N–H and O–H groups in total. The van der Waals surface area contributed by atoms with Crippen LogP contribution in [0.15, 0.2) is 78.9 Å². The van der Waals surface area contributed by atoms with Crippen molar-refractivity contribution in [2.24, 2.45) is 0 Å². The summed E-state index contributed by atoms with van der Waals surface area (Å²) in [7, 11) is 3.12. The molecule has 4 aromatic rings. The van der Waals surface area contributed by atoms with Crippen LogP contribution in [0.5, 0.6) is 11.5 Å². The molecule has 186 valence electrons. The van der Waals surface area contributed by atoms with Crippen LogP contribution in [0, 0.1) is 0 Å². The molecule has 1 aromatic heterocycles. The lowest BCUT2D eigenvalue weighted by atomic mass is 10.2. The molecule has 2 amide bonds. The first-order chi connectivity index (χ1) is 18.0. The van der Waals surface area contributed by atoms with Gasteiger partial charge in [0.05, 0.1) is 38.7 Å². The molecular formula is C28H24N4O5. The average molecular weight is 497 g/mol. The van der Waals surface area contributed by atoms with Gasteiger partial charge in [0, 0.05) is 16.7 Å². The van der Waals surface area contributed by atoms with Crippen LogP contribution in [-0.2, 0) is 17.9 Å². The van der Waals surface area contributed by atoms with Crippen LogP contribution in [-0.4, -0.2) is 47.1 Å². The molecule has 9 nitrogen and oxygen atoms in total. The van der Waals surface area contributed by atoms with Gasteiger partial charge in [-0.25, -0.2) is 0 Å². The number of hydrogen-bond acceptors (Lipinski definition) is 6. The molecule has 0 bridgehead atoms. The van der Waals surface area contributed by atoms with Gasteiger partial charge < -0.3 is 14.4 Å². The van der Waals surface area contributed by atoms with Gasteiger partial charge in [0.25, 0.3) is 11.8 Å². The second-order valence-electron chi connectivity index (χ2n) is 8.39. The van der Waals surface area contributed by atoms with Crippen LogP contribution in [0.1, 0.15) is 32.0 Å². The van der Waals surface area contributed by atoms with E-state index in [9.17, 15) is 14.4 Å². The number of ether oxygens (including phenoxy) is 2. The summed E-state index contributed by atoms with van der Waals surface area (Å²) in [5, 5.41) is 4.56. The van der Waals surface area contributed by atoms with Crippen LogP contribution < -0.4 is 14.4 Å². The van der Waals surface area contributed by atoms with E-state index >= 15 is 0 Å². The van der Waals surface area contributed by atoms with Crippen molar-refractivity contribution in [2.75, 3.05) is 19.1 Å². The van der Waals surface area contributed by atoms with Gasteiger partial charge in [-0.15, -0.1) is 5.10 Å². The van der Waals surface area contributed by atoms with Gasteiger partial charge in [0.2, 0.25) is 6.41 Å². The van der Waals surface area contributed by atoms with E-state index in [0.717, 1.165) is 0 Å². The van der Waals surface area contributed by atoms with Gasteiger partial charge >= 0.3 is 0 Å². The highest BCUT2D eigenvalue weighted by molar-refractivity contribution is 5.98. The van der Waals surface area contributed by atoms with Crippen LogP contribution in [0.4, 0.5) is 11.5 Å². The van der Waals surface area contributed by atoms with Crippen molar-refractivity contribution in [1.29, 1.82) is 0 Å². The van der Waals surface area contributed by atoms with Gasteiger partial charge in [-0.2, -0.15) is 4.68 Å². The monoisotopic (exact) mass is 496 g/mol. The van der Waals surface area contributed by atoms with Gasteiger partial charge in [-0.05, 0) is 60.7 Å². The standard InChI is InChI=1S/C28H24N4O5/c1-36-22-12-8-20(9-13-22)27(34)30-16-24-25(17-30)32(28(35)19-6-4-3-5-7-19)29-26(24)31(18-33)21-10-14-23(37-2)15-11-21/h3-15,18H,16-17H2,1-2H3. The lowest BCUT2D eigenvalue weighted by molar-refractivity contribution is -0.106. The molecule has 0 saturated heterocycles. The van der Waals surface area contributed by atoms with Gasteiger partial charge in [0.1, 0.15) is 11.5 Å². The number of rotatable bonds is 7. The molecule has 9 heteroatoms. The molecule has 0 fully saturated rings. The van der Waals surface area contributed by atoms with E-state index in [1.54, 1.807) is 91.9 Å². The minimum Gasteiger partial charge on any atom is -0.497 e. The molecule has 0 unspecified atom stereocenters. The summed E-state index contributed by atoms with van der Waals surface area (Å²) < 4.78 is 11.7. The Labute approximate surface area is 213 Å². The van der Waals surface area contributed by atoms with Gasteiger partial charge in [-0.1, -0.05) is 18.2 Å². The molecule has 2 heterocycles. The molecular weight excluding hydrogens is 472 g/mol. The Kier molecular flexibility index (Phi) is 6.42. The predicted molar refractivity (Wildman–Crippen MR) is 136 cm³/mol. The summed E-state index contributed by atoms with van der Waals surface area (Å²) in [6.45, 7) is 0.360. The summed E-state index contributed by atoms with van der Waals surface area (Å²) in [5.41, 5.74) is 2.68. The lowest BCUT2D eigenvalue weighted by Gasteiger charge is -2.19. The van der Waals surface area contributed by atoms with Crippen LogP contribution in [0.2, 0.25) is 0 Å². The number of fused-ring (bicyclic) bond motifs is 1. The summed E-state index contributed by atoms with van der Waals surface area (Å²) in [6, 6.07) is 22.5. The molecule has 5 rings (SSSR count). The van der Waals surface area contributed by atoms with Crippen LogP contribution >= 0.6 is 0 Å². The van der Waals surface area contributed by atoms with E-state index in [2.05, 4.69) is 5.10 Å². The highest BCUT2D eigenvalue weighted by atomic mass is 16.5. The first-order valence-electron chi connectivity index (χ1n) is 11.6. The zero-order valence-corrected chi connectivity index (χ0v) is 20.3. The number of nitrogens with zero attached hydrogens (tertiary/aromatic N) is 4. The Bertz CT molecular complexity index is 1450. The molecule has 1 aliphatic heterocycles. The third-order valence-corrected chi connectivity index (χ3v) is 6.28. The largest absolute Gasteiger partial charge is 0.497 e. The quantitative estimate of drug-likeness (QED) is 0.359. The maximum absolute atomic E-state index is 13.4. The molecule has 0 saturated carbocycles. The molecule has 37 heavy (non-hydrogen) atoms.